The summed E-state index contributed by atoms with van der Waals surface area (Å²) in [4.78, 5) is 0. The Kier molecular flexibility index (Phi) is 3.29. The van der Waals surface area contributed by atoms with E-state index in [-0.39, 0.29) is 11.2 Å². The lowest BCUT2D eigenvalue weighted by Crippen LogP contribution is -2.58. The average Bonchev–Trinajstić information content (AvgIpc) is 2.37. The summed E-state index contributed by atoms with van der Waals surface area (Å²) in [6.45, 7) is 1.78. The lowest BCUT2D eigenvalue weighted by molar-refractivity contribution is 0.272. The highest BCUT2D eigenvalue weighted by atomic mass is 35.5. The number of rotatable bonds is 3. The lowest BCUT2D eigenvalue weighted by atomic mass is 9.71. The van der Waals surface area contributed by atoms with E-state index < -0.39 is 0 Å². The zero-order chi connectivity index (χ0) is 13.3. The van der Waals surface area contributed by atoms with Crippen LogP contribution < -0.4 is 5.32 Å². The molecule has 1 saturated heterocycles. The Morgan fingerprint density at radius 2 is 1.84 bits per heavy atom. The Morgan fingerprint density at radius 3 is 2.42 bits per heavy atom. The number of hydrogen-bond acceptors (Lipinski definition) is 1. The van der Waals surface area contributed by atoms with Gasteiger partial charge in [-0.3, -0.25) is 0 Å². The van der Waals surface area contributed by atoms with Crippen LogP contribution in [0.3, 0.4) is 0 Å². The number of benzene rings is 2. The fraction of sp³-hybridized carbons (Fsp3) is 0.250. The van der Waals surface area contributed by atoms with Crippen LogP contribution in [0.5, 0.6) is 0 Å². The van der Waals surface area contributed by atoms with Crippen LogP contribution in [0.2, 0.25) is 5.02 Å². The monoisotopic (exact) mass is 275 g/mol. The maximum atomic E-state index is 14.0. The van der Waals surface area contributed by atoms with E-state index in [1.807, 2.05) is 18.2 Å². The van der Waals surface area contributed by atoms with Crippen LogP contribution >= 0.6 is 11.6 Å². The summed E-state index contributed by atoms with van der Waals surface area (Å²) in [5, 5.41) is 3.75. The van der Waals surface area contributed by atoms with Crippen molar-refractivity contribution < 1.29 is 4.39 Å². The quantitative estimate of drug-likeness (QED) is 0.903. The molecule has 2 aromatic carbocycles. The molecular formula is C16H15ClFN. The Bertz CT molecular complexity index is 579. The number of halogens is 2. The summed E-state index contributed by atoms with van der Waals surface area (Å²) in [6, 6.07) is 15.3. The second-order valence-electron chi connectivity index (χ2n) is 5.16. The second kappa shape index (κ2) is 4.95. The molecule has 3 rings (SSSR count). The molecule has 0 radical (unpaired) electrons. The van der Waals surface area contributed by atoms with Crippen molar-refractivity contribution in [3.05, 3.63) is 70.5 Å². The first-order valence-corrected chi connectivity index (χ1v) is 6.78. The standard InChI is InChI=1S/C16H15ClFN/c17-14-7-6-12(15(18)8-14)9-16(10-19-11-16)13-4-2-1-3-5-13/h1-8,19H,9-11H2. The molecule has 19 heavy (non-hydrogen) atoms. The minimum atomic E-state index is -0.213. The molecule has 0 unspecified atom stereocenters. The summed E-state index contributed by atoms with van der Waals surface area (Å²) in [5.41, 5.74) is 2.01. The summed E-state index contributed by atoms with van der Waals surface area (Å²) >= 11 is 5.80. The Labute approximate surface area is 117 Å². The molecule has 0 aromatic heterocycles. The molecule has 0 saturated carbocycles. The predicted molar refractivity (Wildman–Crippen MR) is 76.1 cm³/mol. The van der Waals surface area contributed by atoms with Gasteiger partial charge in [-0.05, 0) is 29.7 Å². The Hall–Kier alpha value is -1.38. The van der Waals surface area contributed by atoms with Crippen LogP contribution in [0, 0.1) is 5.82 Å². The first-order chi connectivity index (χ1) is 9.20. The van der Waals surface area contributed by atoms with Crippen LogP contribution in [0.4, 0.5) is 4.39 Å². The highest BCUT2D eigenvalue weighted by Gasteiger charge is 2.39. The van der Waals surface area contributed by atoms with E-state index in [0.29, 0.717) is 11.4 Å². The maximum absolute atomic E-state index is 14.0. The third kappa shape index (κ3) is 2.38. The van der Waals surface area contributed by atoms with Crippen LogP contribution in [0.25, 0.3) is 0 Å². The molecule has 1 nitrogen and oxygen atoms in total. The van der Waals surface area contributed by atoms with E-state index in [0.717, 1.165) is 18.7 Å². The number of nitrogens with one attached hydrogen (secondary N) is 1. The maximum Gasteiger partial charge on any atom is 0.127 e. The van der Waals surface area contributed by atoms with Gasteiger partial charge in [-0.1, -0.05) is 48.0 Å². The molecule has 1 heterocycles. The van der Waals surface area contributed by atoms with Gasteiger partial charge in [0.1, 0.15) is 5.82 Å². The summed E-state index contributed by atoms with van der Waals surface area (Å²) in [7, 11) is 0. The van der Waals surface area contributed by atoms with Crippen LogP contribution in [0.15, 0.2) is 48.5 Å². The third-order valence-electron chi connectivity index (χ3n) is 3.86. The van der Waals surface area contributed by atoms with Crippen molar-refractivity contribution in [2.45, 2.75) is 11.8 Å². The molecule has 1 aliphatic rings. The van der Waals surface area contributed by atoms with Crippen LogP contribution in [-0.2, 0) is 11.8 Å². The molecule has 0 spiro atoms. The van der Waals surface area contributed by atoms with Gasteiger partial charge < -0.3 is 5.32 Å². The van der Waals surface area contributed by atoms with E-state index in [1.165, 1.54) is 11.6 Å². The smallest absolute Gasteiger partial charge is 0.127 e. The fourth-order valence-corrected chi connectivity index (χ4v) is 2.84. The van der Waals surface area contributed by atoms with Crippen LogP contribution in [-0.4, -0.2) is 13.1 Å². The normalized spacial score (nSPS) is 16.9. The second-order valence-corrected chi connectivity index (χ2v) is 5.60. The molecule has 3 heteroatoms. The first kappa shape index (κ1) is 12.6. The van der Waals surface area contributed by atoms with Gasteiger partial charge in [0, 0.05) is 23.5 Å². The van der Waals surface area contributed by atoms with Crippen molar-refractivity contribution in [3.63, 3.8) is 0 Å². The van der Waals surface area contributed by atoms with E-state index in [4.69, 9.17) is 11.6 Å². The molecule has 1 fully saturated rings. The Morgan fingerprint density at radius 1 is 1.11 bits per heavy atom. The summed E-state index contributed by atoms with van der Waals surface area (Å²) < 4.78 is 14.0. The van der Waals surface area contributed by atoms with Gasteiger partial charge in [-0.25, -0.2) is 4.39 Å². The predicted octanol–water partition coefficient (Wildman–Crippen LogP) is 3.56. The topological polar surface area (TPSA) is 12.0 Å². The van der Waals surface area contributed by atoms with Gasteiger partial charge in [0.25, 0.3) is 0 Å². The summed E-state index contributed by atoms with van der Waals surface area (Å²) in [6.07, 6.45) is 0.701. The van der Waals surface area contributed by atoms with Gasteiger partial charge in [-0.2, -0.15) is 0 Å². The highest BCUT2D eigenvalue weighted by molar-refractivity contribution is 6.30. The van der Waals surface area contributed by atoms with E-state index in [1.54, 1.807) is 12.1 Å². The molecule has 1 N–H and O–H groups in total. The molecule has 2 aromatic rings. The zero-order valence-corrected chi connectivity index (χ0v) is 11.3. The molecule has 98 valence electrons. The first-order valence-electron chi connectivity index (χ1n) is 6.40. The molecule has 0 atom stereocenters. The minimum Gasteiger partial charge on any atom is -0.315 e. The minimum absolute atomic E-state index is 0.00985. The number of hydrogen-bond donors (Lipinski definition) is 1. The fourth-order valence-electron chi connectivity index (χ4n) is 2.68. The van der Waals surface area contributed by atoms with Crippen molar-refractivity contribution in [1.29, 1.82) is 0 Å². The largest absolute Gasteiger partial charge is 0.315 e. The third-order valence-corrected chi connectivity index (χ3v) is 4.09. The van der Waals surface area contributed by atoms with Crippen molar-refractivity contribution >= 4 is 11.6 Å². The molecule has 0 aliphatic carbocycles. The van der Waals surface area contributed by atoms with E-state index >= 15 is 0 Å². The average molecular weight is 276 g/mol. The van der Waals surface area contributed by atoms with Crippen molar-refractivity contribution in [3.8, 4) is 0 Å². The van der Waals surface area contributed by atoms with Gasteiger partial charge >= 0.3 is 0 Å². The van der Waals surface area contributed by atoms with Crippen molar-refractivity contribution in [2.75, 3.05) is 13.1 Å². The van der Waals surface area contributed by atoms with Crippen molar-refractivity contribution in [2.24, 2.45) is 0 Å². The van der Waals surface area contributed by atoms with Crippen molar-refractivity contribution in [1.82, 2.24) is 5.32 Å². The molecular weight excluding hydrogens is 261 g/mol. The highest BCUT2D eigenvalue weighted by Crippen LogP contribution is 2.33. The lowest BCUT2D eigenvalue weighted by Gasteiger charge is -2.43. The van der Waals surface area contributed by atoms with E-state index in [2.05, 4.69) is 17.4 Å². The van der Waals surface area contributed by atoms with Gasteiger partial charge in [0.05, 0.1) is 0 Å². The van der Waals surface area contributed by atoms with Gasteiger partial charge in [-0.15, -0.1) is 0 Å². The van der Waals surface area contributed by atoms with Crippen LogP contribution in [0.1, 0.15) is 11.1 Å². The van der Waals surface area contributed by atoms with E-state index in [9.17, 15) is 4.39 Å². The van der Waals surface area contributed by atoms with Gasteiger partial charge in [0.2, 0.25) is 0 Å². The molecule has 0 amide bonds. The van der Waals surface area contributed by atoms with Gasteiger partial charge in [0.15, 0.2) is 0 Å². The zero-order valence-electron chi connectivity index (χ0n) is 10.5. The SMILES string of the molecule is Fc1cc(Cl)ccc1CC1(c2ccccc2)CNC1. The summed E-state index contributed by atoms with van der Waals surface area (Å²) in [5.74, 6) is -0.213. The molecule has 0 bridgehead atoms. The molecule has 1 aliphatic heterocycles. The Balaban J connectivity index is 1.92.